The van der Waals surface area contributed by atoms with Crippen LogP contribution in [-0.2, 0) is 6.61 Å². The lowest BCUT2D eigenvalue weighted by Crippen LogP contribution is -1.95. The molecule has 0 fully saturated rings. The summed E-state index contributed by atoms with van der Waals surface area (Å²) in [6, 6.07) is 15.1. The number of hydrogen-bond acceptors (Lipinski definition) is 2. The Labute approximate surface area is 106 Å². The summed E-state index contributed by atoms with van der Waals surface area (Å²) in [6.07, 6.45) is 0. The Morgan fingerprint density at radius 3 is 2.06 bits per heavy atom. The molecule has 0 spiro atoms. The lowest BCUT2D eigenvalue weighted by atomic mass is 10.2. The molecule has 0 radical (unpaired) electrons. The van der Waals surface area contributed by atoms with Gasteiger partial charge in [0.15, 0.2) is 0 Å². The molecule has 0 N–H and O–H groups in total. The smallest absolute Gasteiger partial charge is 0.119 e. The Hall–Kier alpha value is -1.67. The van der Waals surface area contributed by atoms with Crippen molar-refractivity contribution in [1.29, 1.82) is 0 Å². The first kappa shape index (κ1) is 11.8. The minimum atomic E-state index is 0.533. The highest BCUT2D eigenvalue weighted by Gasteiger charge is 1.97. The van der Waals surface area contributed by atoms with Gasteiger partial charge in [0, 0.05) is 5.02 Å². The van der Waals surface area contributed by atoms with Gasteiger partial charge in [-0.2, -0.15) is 0 Å². The van der Waals surface area contributed by atoms with Crippen LogP contribution in [0, 0.1) is 0 Å². The van der Waals surface area contributed by atoms with Gasteiger partial charge in [0.25, 0.3) is 0 Å². The summed E-state index contributed by atoms with van der Waals surface area (Å²) < 4.78 is 10.7. The number of hydrogen-bond donors (Lipinski definition) is 0. The van der Waals surface area contributed by atoms with E-state index in [1.54, 1.807) is 7.11 Å². The maximum Gasteiger partial charge on any atom is 0.119 e. The van der Waals surface area contributed by atoms with E-state index in [1.165, 1.54) is 0 Å². The molecule has 17 heavy (non-hydrogen) atoms. The molecule has 2 aromatic rings. The molecule has 0 aliphatic carbocycles. The van der Waals surface area contributed by atoms with E-state index in [2.05, 4.69) is 0 Å². The van der Waals surface area contributed by atoms with Crippen LogP contribution in [0.1, 0.15) is 5.56 Å². The van der Waals surface area contributed by atoms with Gasteiger partial charge < -0.3 is 9.47 Å². The molecule has 3 heteroatoms. The molecule has 0 aliphatic rings. The Balaban J connectivity index is 1.95. The Morgan fingerprint density at radius 2 is 1.47 bits per heavy atom. The topological polar surface area (TPSA) is 18.5 Å². The largest absolute Gasteiger partial charge is 0.497 e. The van der Waals surface area contributed by atoms with E-state index >= 15 is 0 Å². The van der Waals surface area contributed by atoms with Gasteiger partial charge in [-0.3, -0.25) is 0 Å². The van der Waals surface area contributed by atoms with Crippen molar-refractivity contribution in [1.82, 2.24) is 0 Å². The minimum absolute atomic E-state index is 0.533. The number of halogens is 1. The first-order valence-corrected chi connectivity index (χ1v) is 5.67. The minimum Gasteiger partial charge on any atom is -0.497 e. The van der Waals surface area contributed by atoms with Crippen LogP contribution in [0.5, 0.6) is 11.5 Å². The number of methoxy groups -OCH3 is 1. The average molecular weight is 249 g/mol. The highest BCUT2D eigenvalue weighted by atomic mass is 35.5. The molecule has 2 aromatic carbocycles. The first-order chi connectivity index (χ1) is 8.28. The average Bonchev–Trinajstić information content (AvgIpc) is 2.39. The van der Waals surface area contributed by atoms with Crippen LogP contribution in [0.2, 0.25) is 5.02 Å². The summed E-state index contributed by atoms with van der Waals surface area (Å²) in [7, 11) is 1.65. The second-order valence-electron chi connectivity index (χ2n) is 3.59. The second kappa shape index (κ2) is 5.60. The number of benzene rings is 2. The SMILES string of the molecule is COc1ccc(COc2ccc(Cl)cc2)cc1. The standard InChI is InChI=1S/C14H13ClO2/c1-16-13-6-2-11(3-7-13)10-17-14-8-4-12(15)5-9-14/h2-9H,10H2,1H3. The molecule has 88 valence electrons. The van der Waals surface area contributed by atoms with Gasteiger partial charge in [0.2, 0.25) is 0 Å². The molecule has 0 aromatic heterocycles. The maximum atomic E-state index is 5.79. The lowest BCUT2D eigenvalue weighted by Gasteiger charge is -2.07. The predicted octanol–water partition coefficient (Wildman–Crippen LogP) is 3.93. The molecule has 0 heterocycles. The van der Waals surface area contributed by atoms with Crippen LogP contribution < -0.4 is 9.47 Å². The quantitative estimate of drug-likeness (QED) is 0.816. The maximum absolute atomic E-state index is 5.79. The van der Waals surface area contributed by atoms with Gasteiger partial charge in [0.1, 0.15) is 18.1 Å². The van der Waals surface area contributed by atoms with Crippen LogP contribution in [-0.4, -0.2) is 7.11 Å². The van der Waals surface area contributed by atoms with E-state index in [0.717, 1.165) is 17.1 Å². The van der Waals surface area contributed by atoms with Crippen molar-refractivity contribution in [3.8, 4) is 11.5 Å². The van der Waals surface area contributed by atoms with Gasteiger partial charge in [-0.25, -0.2) is 0 Å². The van der Waals surface area contributed by atoms with Crippen molar-refractivity contribution in [2.75, 3.05) is 7.11 Å². The van der Waals surface area contributed by atoms with E-state index in [4.69, 9.17) is 21.1 Å². The van der Waals surface area contributed by atoms with Gasteiger partial charge in [-0.1, -0.05) is 23.7 Å². The molecule has 0 saturated carbocycles. The third-order valence-electron chi connectivity index (χ3n) is 2.38. The van der Waals surface area contributed by atoms with E-state index in [9.17, 15) is 0 Å². The van der Waals surface area contributed by atoms with Crippen LogP contribution in [0.15, 0.2) is 48.5 Å². The molecule has 2 rings (SSSR count). The molecule has 0 aliphatic heterocycles. The van der Waals surface area contributed by atoms with E-state index < -0.39 is 0 Å². The van der Waals surface area contributed by atoms with E-state index in [1.807, 2.05) is 48.5 Å². The van der Waals surface area contributed by atoms with Gasteiger partial charge >= 0.3 is 0 Å². The molecule has 0 amide bonds. The highest BCUT2D eigenvalue weighted by molar-refractivity contribution is 6.30. The van der Waals surface area contributed by atoms with Gasteiger partial charge in [-0.15, -0.1) is 0 Å². The van der Waals surface area contributed by atoms with Crippen molar-refractivity contribution >= 4 is 11.6 Å². The highest BCUT2D eigenvalue weighted by Crippen LogP contribution is 2.17. The van der Waals surface area contributed by atoms with Crippen molar-refractivity contribution in [2.45, 2.75) is 6.61 Å². The zero-order valence-electron chi connectivity index (χ0n) is 9.52. The van der Waals surface area contributed by atoms with E-state index in [-0.39, 0.29) is 0 Å². The fourth-order valence-electron chi connectivity index (χ4n) is 1.42. The summed E-state index contributed by atoms with van der Waals surface area (Å²) in [6.45, 7) is 0.533. The monoisotopic (exact) mass is 248 g/mol. The summed E-state index contributed by atoms with van der Waals surface area (Å²) in [5.74, 6) is 1.66. The fraction of sp³-hybridized carbons (Fsp3) is 0.143. The van der Waals surface area contributed by atoms with Crippen LogP contribution in [0.3, 0.4) is 0 Å². The third kappa shape index (κ3) is 3.40. The van der Waals surface area contributed by atoms with Crippen molar-refractivity contribution in [3.63, 3.8) is 0 Å². The van der Waals surface area contributed by atoms with Gasteiger partial charge in [0.05, 0.1) is 7.11 Å². The van der Waals surface area contributed by atoms with Crippen LogP contribution in [0.25, 0.3) is 0 Å². The zero-order valence-corrected chi connectivity index (χ0v) is 10.3. The van der Waals surface area contributed by atoms with Crippen molar-refractivity contribution in [3.05, 3.63) is 59.1 Å². The second-order valence-corrected chi connectivity index (χ2v) is 4.03. The Kier molecular flexibility index (Phi) is 3.89. The molecule has 0 atom stereocenters. The molecular formula is C14H13ClO2. The van der Waals surface area contributed by atoms with Crippen LogP contribution in [0.4, 0.5) is 0 Å². The normalized spacial score (nSPS) is 10.0. The number of rotatable bonds is 4. The Bertz CT molecular complexity index is 463. The molecule has 0 unspecified atom stereocenters. The Morgan fingerprint density at radius 1 is 0.882 bits per heavy atom. The zero-order chi connectivity index (χ0) is 12.1. The molecule has 2 nitrogen and oxygen atoms in total. The lowest BCUT2D eigenvalue weighted by molar-refractivity contribution is 0.306. The van der Waals surface area contributed by atoms with Crippen molar-refractivity contribution in [2.24, 2.45) is 0 Å². The molecule has 0 saturated heterocycles. The third-order valence-corrected chi connectivity index (χ3v) is 2.63. The predicted molar refractivity (Wildman–Crippen MR) is 68.8 cm³/mol. The van der Waals surface area contributed by atoms with E-state index in [0.29, 0.717) is 11.6 Å². The van der Waals surface area contributed by atoms with Crippen LogP contribution >= 0.6 is 11.6 Å². The van der Waals surface area contributed by atoms with Crippen molar-refractivity contribution < 1.29 is 9.47 Å². The summed E-state index contributed by atoms with van der Waals surface area (Å²) in [5.41, 5.74) is 1.10. The molecular weight excluding hydrogens is 236 g/mol. The fourth-order valence-corrected chi connectivity index (χ4v) is 1.55. The summed E-state index contributed by atoms with van der Waals surface area (Å²) in [4.78, 5) is 0. The molecule has 0 bridgehead atoms. The van der Waals surface area contributed by atoms with Gasteiger partial charge in [-0.05, 0) is 42.0 Å². The summed E-state index contributed by atoms with van der Waals surface area (Å²) in [5, 5.41) is 0.710. The number of ether oxygens (including phenoxy) is 2. The first-order valence-electron chi connectivity index (χ1n) is 5.29. The summed E-state index contributed by atoms with van der Waals surface area (Å²) >= 11 is 5.79.